The predicted molar refractivity (Wildman–Crippen MR) is 73.3 cm³/mol. The van der Waals surface area contributed by atoms with E-state index >= 15 is 0 Å². The van der Waals surface area contributed by atoms with Gasteiger partial charge >= 0.3 is 6.18 Å². The van der Waals surface area contributed by atoms with Crippen LogP contribution < -0.4 is 15.2 Å². The molecular formula is C10H18F3N3O2S2. The van der Waals surface area contributed by atoms with Gasteiger partial charge in [0.1, 0.15) is 6.54 Å². The van der Waals surface area contributed by atoms with Crippen LogP contribution in [-0.4, -0.2) is 31.7 Å². The molecule has 0 heterocycles. The van der Waals surface area contributed by atoms with Gasteiger partial charge in [-0.3, -0.25) is 0 Å². The van der Waals surface area contributed by atoms with Crippen LogP contribution in [0.15, 0.2) is 0 Å². The van der Waals surface area contributed by atoms with Gasteiger partial charge in [-0.15, -0.1) is 0 Å². The van der Waals surface area contributed by atoms with E-state index < -0.39 is 28.5 Å². The van der Waals surface area contributed by atoms with Crippen LogP contribution in [0.3, 0.4) is 0 Å². The largest absolute Gasteiger partial charge is 0.402 e. The third-order valence-corrected chi connectivity index (χ3v) is 4.80. The first-order valence-electron chi connectivity index (χ1n) is 6.22. The summed E-state index contributed by atoms with van der Waals surface area (Å²) in [7, 11) is -4.32. The molecule has 1 aliphatic rings. The van der Waals surface area contributed by atoms with Gasteiger partial charge < -0.3 is 5.73 Å². The van der Waals surface area contributed by atoms with Crippen LogP contribution in [0, 0.1) is 0 Å². The molecule has 0 amide bonds. The van der Waals surface area contributed by atoms with Gasteiger partial charge in [-0.25, -0.2) is 0 Å². The fraction of sp³-hybridized carbons (Fsp3) is 0.900. The Morgan fingerprint density at radius 1 is 1.20 bits per heavy atom. The zero-order chi connectivity index (χ0) is 15.4. The van der Waals surface area contributed by atoms with Crippen LogP contribution >= 0.6 is 12.2 Å². The van der Waals surface area contributed by atoms with Crippen LogP contribution in [0.2, 0.25) is 0 Å². The summed E-state index contributed by atoms with van der Waals surface area (Å²) in [5.41, 5.74) is 4.48. The van der Waals surface area contributed by atoms with Crippen molar-refractivity contribution < 1.29 is 21.6 Å². The normalized spacial score (nSPS) is 20.4. The number of nitrogens with two attached hydrogens (primary N) is 1. The molecule has 4 N–H and O–H groups in total. The Labute approximate surface area is 121 Å². The maximum atomic E-state index is 12.1. The number of hydrogen-bond acceptors (Lipinski definition) is 3. The van der Waals surface area contributed by atoms with Crippen molar-refractivity contribution in [1.82, 2.24) is 9.44 Å². The molecule has 0 aromatic rings. The Hall–Kier alpha value is -0.450. The number of alkyl halides is 3. The van der Waals surface area contributed by atoms with Gasteiger partial charge in [0.25, 0.3) is 10.2 Å². The van der Waals surface area contributed by atoms with Gasteiger partial charge in [0.15, 0.2) is 0 Å². The molecule has 5 nitrogen and oxygen atoms in total. The molecule has 0 spiro atoms. The van der Waals surface area contributed by atoms with Crippen LogP contribution in [0.5, 0.6) is 0 Å². The molecule has 1 aliphatic carbocycles. The summed E-state index contributed by atoms with van der Waals surface area (Å²) < 4.78 is 63.4. The van der Waals surface area contributed by atoms with E-state index in [1.54, 1.807) is 0 Å². The van der Waals surface area contributed by atoms with Gasteiger partial charge in [0, 0.05) is 0 Å². The zero-order valence-corrected chi connectivity index (χ0v) is 12.4. The average Bonchev–Trinajstić information content (AvgIpc) is 2.52. The van der Waals surface area contributed by atoms with E-state index in [0.29, 0.717) is 12.8 Å². The quantitative estimate of drug-likeness (QED) is 0.524. The van der Waals surface area contributed by atoms with Crippen LogP contribution in [0.1, 0.15) is 38.5 Å². The SMILES string of the molecule is NC(=S)C1(NS(=O)(=O)NCC(F)(F)F)CCCCCC1. The second-order valence-corrected chi connectivity index (χ2v) is 6.84. The number of hydrogen-bond donors (Lipinski definition) is 3. The van der Waals surface area contributed by atoms with Crippen molar-refractivity contribution in [2.24, 2.45) is 5.73 Å². The number of nitrogens with one attached hydrogen (secondary N) is 2. The number of halogens is 3. The monoisotopic (exact) mass is 333 g/mol. The van der Waals surface area contributed by atoms with Crippen molar-refractivity contribution in [3.8, 4) is 0 Å². The fourth-order valence-electron chi connectivity index (χ4n) is 2.20. The first-order chi connectivity index (χ1) is 9.06. The Morgan fingerprint density at radius 3 is 2.10 bits per heavy atom. The maximum absolute atomic E-state index is 12.1. The summed E-state index contributed by atoms with van der Waals surface area (Å²) in [6.45, 7) is -1.63. The highest BCUT2D eigenvalue weighted by atomic mass is 32.2. The van der Waals surface area contributed by atoms with Gasteiger partial charge in [0.2, 0.25) is 0 Å². The van der Waals surface area contributed by atoms with Gasteiger partial charge in [-0.05, 0) is 12.8 Å². The van der Waals surface area contributed by atoms with Crippen molar-refractivity contribution in [3.63, 3.8) is 0 Å². The molecule has 0 aliphatic heterocycles. The van der Waals surface area contributed by atoms with E-state index in [9.17, 15) is 21.6 Å². The molecule has 1 saturated carbocycles. The molecular weight excluding hydrogens is 315 g/mol. The van der Waals surface area contributed by atoms with E-state index in [1.165, 1.54) is 4.72 Å². The Bertz CT molecular complexity index is 443. The molecule has 118 valence electrons. The van der Waals surface area contributed by atoms with Crippen LogP contribution in [-0.2, 0) is 10.2 Å². The molecule has 1 fully saturated rings. The summed E-state index contributed by atoms with van der Waals surface area (Å²) in [5.74, 6) is 0. The second-order valence-electron chi connectivity index (χ2n) is 4.90. The second kappa shape index (κ2) is 6.54. The highest BCUT2D eigenvalue weighted by molar-refractivity contribution is 7.87. The predicted octanol–water partition coefficient (Wildman–Crippen LogP) is 1.35. The number of thiocarbonyl (C=S) groups is 1. The standard InChI is InChI=1S/C10H18F3N3O2S2/c11-10(12,13)7-15-20(17,18)16-9(8(14)19)5-3-1-2-4-6-9/h15-16H,1-7H2,(H2,14,19). The van der Waals surface area contributed by atoms with E-state index in [2.05, 4.69) is 4.72 Å². The highest BCUT2D eigenvalue weighted by Gasteiger charge is 2.39. The van der Waals surface area contributed by atoms with Crippen molar-refractivity contribution in [3.05, 3.63) is 0 Å². The molecule has 0 atom stereocenters. The van der Waals surface area contributed by atoms with Crippen LogP contribution in [0.25, 0.3) is 0 Å². The van der Waals surface area contributed by atoms with Crippen molar-refractivity contribution in [2.75, 3.05) is 6.54 Å². The first-order valence-corrected chi connectivity index (χ1v) is 8.11. The average molecular weight is 333 g/mol. The molecule has 0 aromatic heterocycles. The van der Waals surface area contributed by atoms with E-state index in [1.807, 2.05) is 0 Å². The summed E-state index contributed by atoms with van der Waals surface area (Å²) in [5, 5.41) is 0. The van der Waals surface area contributed by atoms with E-state index in [0.717, 1.165) is 25.7 Å². The Balaban J connectivity index is 2.81. The van der Waals surface area contributed by atoms with Crippen molar-refractivity contribution >= 4 is 27.4 Å². The third-order valence-electron chi connectivity index (χ3n) is 3.22. The Morgan fingerprint density at radius 2 is 1.70 bits per heavy atom. The molecule has 0 radical (unpaired) electrons. The highest BCUT2D eigenvalue weighted by Crippen LogP contribution is 2.28. The van der Waals surface area contributed by atoms with E-state index in [-0.39, 0.29) is 4.99 Å². The molecule has 0 unspecified atom stereocenters. The smallest absolute Gasteiger partial charge is 0.392 e. The van der Waals surface area contributed by atoms with Gasteiger partial charge in [0.05, 0.1) is 10.5 Å². The molecule has 20 heavy (non-hydrogen) atoms. The van der Waals surface area contributed by atoms with E-state index in [4.69, 9.17) is 18.0 Å². The van der Waals surface area contributed by atoms with Crippen LogP contribution in [0.4, 0.5) is 13.2 Å². The maximum Gasteiger partial charge on any atom is 0.402 e. The lowest BCUT2D eigenvalue weighted by Crippen LogP contribution is -2.59. The lowest BCUT2D eigenvalue weighted by Gasteiger charge is -2.32. The molecule has 0 saturated heterocycles. The minimum absolute atomic E-state index is 0.0308. The zero-order valence-electron chi connectivity index (χ0n) is 10.8. The Kier molecular flexibility index (Phi) is 5.76. The lowest BCUT2D eigenvalue weighted by atomic mass is 9.91. The van der Waals surface area contributed by atoms with Crippen molar-refractivity contribution in [2.45, 2.75) is 50.2 Å². The first kappa shape index (κ1) is 17.6. The van der Waals surface area contributed by atoms with Crippen molar-refractivity contribution in [1.29, 1.82) is 0 Å². The minimum Gasteiger partial charge on any atom is -0.392 e. The van der Waals surface area contributed by atoms with Gasteiger partial charge in [-0.2, -0.15) is 31.0 Å². The topological polar surface area (TPSA) is 84.2 Å². The third kappa shape index (κ3) is 5.51. The molecule has 1 rings (SSSR count). The summed E-state index contributed by atoms with van der Waals surface area (Å²) in [6.07, 6.45) is -0.540. The summed E-state index contributed by atoms with van der Waals surface area (Å²) >= 11 is 4.91. The summed E-state index contributed by atoms with van der Waals surface area (Å²) in [4.78, 5) is -0.0308. The number of rotatable bonds is 5. The molecule has 10 heteroatoms. The minimum atomic E-state index is -4.62. The summed E-state index contributed by atoms with van der Waals surface area (Å²) in [6, 6.07) is 0. The lowest BCUT2D eigenvalue weighted by molar-refractivity contribution is -0.121. The fourth-order valence-corrected chi connectivity index (χ4v) is 3.78. The molecule has 0 bridgehead atoms. The van der Waals surface area contributed by atoms with Gasteiger partial charge in [-0.1, -0.05) is 37.9 Å². The molecule has 0 aromatic carbocycles.